The molecule has 0 spiro atoms. The molecular weight excluding hydrogens is 346 g/mol. The first-order valence-electron chi connectivity index (χ1n) is 8.18. The molecule has 1 aromatic heterocycles. The molecule has 0 saturated carbocycles. The Bertz CT molecular complexity index is 903. The summed E-state index contributed by atoms with van der Waals surface area (Å²) in [6, 6.07) is 15.3. The van der Waals surface area contributed by atoms with Crippen molar-refractivity contribution in [2.45, 2.75) is 18.4 Å². The second-order valence-corrected chi connectivity index (χ2v) is 6.72. The Morgan fingerprint density at radius 3 is 2.77 bits per heavy atom. The standard InChI is InChI=1S/C20H19N3O2S/c1-3-12-26-17-7-5-4-6-16(17)20(24)21-13-18-22-19(23-25-18)15-10-8-14(2)9-11-15/h3-11H,1,12-13H2,2H3,(H,21,24). The van der Waals surface area contributed by atoms with Gasteiger partial charge in [0.25, 0.3) is 5.91 Å². The van der Waals surface area contributed by atoms with E-state index in [9.17, 15) is 4.79 Å². The highest BCUT2D eigenvalue weighted by Gasteiger charge is 2.13. The van der Waals surface area contributed by atoms with Crippen molar-refractivity contribution in [3.05, 3.63) is 78.2 Å². The fourth-order valence-electron chi connectivity index (χ4n) is 2.33. The van der Waals surface area contributed by atoms with Gasteiger partial charge in [-0.2, -0.15) is 4.98 Å². The summed E-state index contributed by atoms with van der Waals surface area (Å²) >= 11 is 1.57. The van der Waals surface area contributed by atoms with E-state index in [2.05, 4.69) is 22.0 Å². The molecule has 0 radical (unpaired) electrons. The maximum absolute atomic E-state index is 12.5. The predicted molar refractivity (Wildman–Crippen MR) is 103 cm³/mol. The number of nitrogens with zero attached hydrogens (tertiary/aromatic N) is 2. The molecule has 26 heavy (non-hydrogen) atoms. The lowest BCUT2D eigenvalue weighted by Gasteiger charge is -2.07. The van der Waals surface area contributed by atoms with Gasteiger partial charge in [0.2, 0.25) is 11.7 Å². The topological polar surface area (TPSA) is 68.0 Å². The molecule has 132 valence electrons. The zero-order chi connectivity index (χ0) is 18.4. The SMILES string of the molecule is C=CCSc1ccccc1C(=O)NCc1nc(-c2ccc(C)cc2)no1. The fraction of sp³-hybridized carbons (Fsp3) is 0.150. The summed E-state index contributed by atoms with van der Waals surface area (Å²) in [5.74, 6) is 1.45. The van der Waals surface area contributed by atoms with E-state index in [1.807, 2.05) is 55.5 Å². The lowest BCUT2D eigenvalue weighted by atomic mass is 10.1. The van der Waals surface area contributed by atoms with Gasteiger partial charge < -0.3 is 9.84 Å². The number of nitrogens with one attached hydrogen (secondary N) is 1. The molecule has 0 aliphatic heterocycles. The van der Waals surface area contributed by atoms with Crippen LogP contribution >= 0.6 is 11.8 Å². The van der Waals surface area contributed by atoms with Crippen LogP contribution in [0.4, 0.5) is 0 Å². The van der Waals surface area contributed by atoms with Crippen molar-refractivity contribution in [1.82, 2.24) is 15.5 Å². The molecule has 0 saturated heterocycles. The highest BCUT2D eigenvalue weighted by molar-refractivity contribution is 7.99. The molecule has 0 fully saturated rings. The number of thioether (sulfide) groups is 1. The number of rotatable bonds is 7. The summed E-state index contributed by atoms with van der Waals surface area (Å²) in [7, 11) is 0. The first-order valence-corrected chi connectivity index (χ1v) is 9.16. The lowest BCUT2D eigenvalue weighted by molar-refractivity contribution is 0.0943. The Morgan fingerprint density at radius 1 is 1.23 bits per heavy atom. The monoisotopic (exact) mass is 365 g/mol. The van der Waals surface area contributed by atoms with Crippen molar-refractivity contribution in [3.63, 3.8) is 0 Å². The second kappa shape index (κ2) is 8.49. The molecule has 0 aliphatic carbocycles. The zero-order valence-corrected chi connectivity index (χ0v) is 15.3. The average molecular weight is 365 g/mol. The van der Waals surface area contributed by atoms with Crippen LogP contribution in [0.3, 0.4) is 0 Å². The Hall–Kier alpha value is -2.86. The van der Waals surface area contributed by atoms with Crippen molar-refractivity contribution in [3.8, 4) is 11.4 Å². The van der Waals surface area contributed by atoms with E-state index in [4.69, 9.17) is 4.52 Å². The van der Waals surface area contributed by atoms with E-state index in [0.717, 1.165) is 21.8 Å². The van der Waals surface area contributed by atoms with Crippen molar-refractivity contribution < 1.29 is 9.32 Å². The third-order valence-electron chi connectivity index (χ3n) is 3.67. The number of aryl methyl sites for hydroxylation is 1. The molecule has 1 amide bonds. The van der Waals surface area contributed by atoms with Crippen LogP contribution in [0.25, 0.3) is 11.4 Å². The maximum Gasteiger partial charge on any atom is 0.252 e. The fourth-order valence-corrected chi connectivity index (χ4v) is 3.11. The van der Waals surface area contributed by atoms with E-state index in [1.54, 1.807) is 17.8 Å². The van der Waals surface area contributed by atoms with Crippen LogP contribution in [0.15, 0.2) is 70.6 Å². The first-order chi connectivity index (χ1) is 12.7. The van der Waals surface area contributed by atoms with Crippen LogP contribution in [-0.4, -0.2) is 21.8 Å². The number of aromatic nitrogens is 2. The first kappa shape index (κ1) is 17.9. The molecule has 3 rings (SSSR count). The average Bonchev–Trinajstić information content (AvgIpc) is 3.14. The molecular formula is C20H19N3O2S. The minimum Gasteiger partial charge on any atom is -0.343 e. The molecule has 3 aromatic rings. The van der Waals surface area contributed by atoms with E-state index >= 15 is 0 Å². The Morgan fingerprint density at radius 2 is 2.00 bits per heavy atom. The molecule has 6 heteroatoms. The van der Waals surface area contributed by atoms with Gasteiger partial charge in [-0.05, 0) is 19.1 Å². The number of carbonyl (C=O) groups excluding carboxylic acids is 1. The van der Waals surface area contributed by atoms with Crippen LogP contribution in [0, 0.1) is 6.92 Å². The van der Waals surface area contributed by atoms with Crippen molar-refractivity contribution in [2.24, 2.45) is 0 Å². The van der Waals surface area contributed by atoms with Gasteiger partial charge in [0.1, 0.15) is 0 Å². The van der Waals surface area contributed by atoms with E-state index in [1.165, 1.54) is 0 Å². The zero-order valence-electron chi connectivity index (χ0n) is 14.4. The molecule has 0 bridgehead atoms. The summed E-state index contributed by atoms with van der Waals surface area (Å²) in [6.07, 6.45) is 1.81. The smallest absolute Gasteiger partial charge is 0.252 e. The van der Waals surface area contributed by atoms with Crippen molar-refractivity contribution in [2.75, 3.05) is 5.75 Å². The molecule has 2 aromatic carbocycles. The van der Waals surface area contributed by atoms with Crippen molar-refractivity contribution >= 4 is 17.7 Å². The van der Waals surface area contributed by atoms with Gasteiger partial charge in [0.15, 0.2) is 0 Å². The van der Waals surface area contributed by atoms with Gasteiger partial charge in [-0.3, -0.25) is 4.79 Å². The Labute approximate surface area is 156 Å². The molecule has 0 atom stereocenters. The van der Waals surface area contributed by atoms with Crippen LogP contribution in [0.1, 0.15) is 21.8 Å². The van der Waals surface area contributed by atoms with Gasteiger partial charge >= 0.3 is 0 Å². The van der Waals surface area contributed by atoms with Crippen molar-refractivity contribution in [1.29, 1.82) is 0 Å². The Kier molecular flexibility index (Phi) is 5.86. The third-order valence-corrected chi connectivity index (χ3v) is 4.74. The quantitative estimate of drug-likeness (QED) is 0.501. The molecule has 1 heterocycles. The minimum atomic E-state index is -0.174. The van der Waals surface area contributed by atoms with Gasteiger partial charge in [0.05, 0.1) is 12.1 Å². The highest BCUT2D eigenvalue weighted by Crippen LogP contribution is 2.22. The van der Waals surface area contributed by atoms with Gasteiger partial charge in [0, 0.05) is 16.2 Å². The number of amides is 1. The minimum absolute atomic E-state index is 0.174. The maximum atomic E-state index is 12.5. The normalized spacial score (nSPS) is 10.5. The third kappa shape index (κ3) is 4.40. The van der Waals surface area contributed by atoms with Gasteiger partial charge in [-0.25, -0.2) is 0 Å². The van der Waals surface area contributed by atoms with E-state index < -0.39 is 0 Å². The molecule has 5 nitrogen and oxygen atoms in total. The van der Waals surface area contributed by atoms with Crippen LogP contribution < -0.4 is 5.32 Å². The van der Waals surface area contributed by atoms with Crippen LogP contribution in [-0.2, 0) is 6.54 Å². The predicted octanol–water partition coefficient (Wildman–Crippen LogP) is 4.25. The number of carbonyl (C=O) groups is 1. The number of hydrogen-bond acceptors (Lipinski definition) is 5. The summed E-state index contributed by atoms with van der Waals surface area (Å²) in [6.45, 7) is 5.91. The molecule has 1 N–H and O–H groups in total. The van der Waals surface area contributed by atoms with E-state index in [-0.39, 0.29) is 12.5 Å². The second-order valence-electron chi connectivity index (χ2n) is 5.66. The summed E-state index contributed by atoms with van der Waals surface area (Å²) in [5.41, 5.74) is 2.67. The Balaban J connectivity index is 1.65. The van der Waals surface area contributed by atoms with Crippen LogP contribution in [0.5, 0.6) is 0 Å². The highest BCUT2D eigenvalue weighted by atomic mass is 32.2. The molecule has 0 aliphatic rings. The number of hydrogen-bond donors (Lipinski definition) is 1. The van der Waals surface area contributed by atoms with E-state index in [0.29, 0.717) is 17.3 Å². The number of benzene rings is 2. The summed E-state index contributed by atoms with van der Waals surface area (Å²) in [4.78, 5) is 17.7. The van der Waals surface area contributed by atoms with Gasteiger partial charge in [-0.1, -0.05) is 53.2 Å². The molecule has 0 unspecified atom stereocenters. The summed E-state index contributed by atoms with van der Waals surface area (Å²) in [5, 5.41) is 6.80. The van der Waals surface area contributed by atoms with Crippen LogP contribution in [0.2, 0.25) is 0 Å². The summed E-state index contributed by atoms with van der Waals surface area (Å²) < 4.78 is 5.24. The largest absolute Gasteiger partial charge is 0.343 e. The van der Waals surface area contributed by atoms with Gasteiger partial charge in [-0.15, -0.1) is 18.3 Å². The lowest BCUT2D eigenvalue weighted by Crippen LogP contribution is -2.23.